The van der Waals surface area contributed by atoms with E-state index in [0.717, 1.165) is 29.1 Å². The second-order valence-corrected chi connectivity index (χ2v) is 8.19. The van der Waals surface area contributed by atoms with Crippen LogP contribution >= 0.6 is 35.0 Å². The number of oxime groups is 1. The molecule has 0 spiro atoms. The van der Waals surface area contributed by atoms with Crippen LogP contribution in [0.1, 0.15) is 36.9 Å². The molecule has 150 valence electrons. The van der Waals surface area contributed by atoms with Crippen molar-refractivity contribution >= 4 is 47.1 Å². The number of aromatic nitrogens is 2. The van der Waals surface area contributed by atoms with E-state index in [1.54, 1.807) is 23.7 Å². The lowest BCUT2D eigenvalue weighted by atomic mass is 10.2. The van der Waals surface area contributed by atoms with Crippen molar-refractivity contribution in [2.45, 2.75) is 41.7 Å². The third-order valence-electron chi connectivity index (χ3n) is 4.24. The highest BCUT2D eigenvalue weighted by Crippen LogP contribution is 2.45. The second kappa shape index (κ2) is 8.63. The van der Waals surface area contributed by atoms with Crippen molar-refractivity contribution in [2.75, 3.05) is 7.11 Å². The second-order valence-electron chi connectivity index (χ2n) is 6.34. The predicted molar refractivity (Wildman–Crippen MR) is 107 cm³/mol. The first-order valence-corrected chi connectivity index (χ1v) is 10.1. The molecule has 0 amide bonds. The summed E-state index contributed by atoms with van der Waals surface area (Å²) in [6, 6.07) is 3.22. The highest BCUT2D eigenvalue weighted by molar-refractivity contribution is 7.99. The summed E-state index contributed by atoms with van der Waals surface area (Å²) in [7, 11) is 3.11. The minimum atomic E-state index is -0.822. The summed E-state index contributed by atoms with van der Waals surface area (Å²) in [5, 5.41) is 18.3. The highest BCUT2D eigenvalue weighted by Gasteiger charge is 2.31. The van der Waals surface area contributed by atoms with Crippen molar-refractivity contribution in [2.24, 2.45) is 12.2 Å². The van der Waals surface area contributed by atoms with Crippen molar-refractivity contribution in [3.05, 3.63) is 33.4 Å². The van der Waals surface area contributed by atoms with E-state index in [2.05, 4.69) is 15.0 Å². The van der Waals surface area contributed by atoms with Crippen molar-refractivity contribution in [3.8, 4) is 5.75 Å². The molecular formula is C18H19Cl2N3O4S. The van der Waals surface area contributed by atoms with Crippen molar-refractivity contribution in [1.29, 1.82) is 0 Å². The quantitative estimate of drug-likeness (QED) is 0.293. The summed E-state index contributed by atoms with van der Waals surface area (Å²) in [6.07, 6.45) is 2.71. The minimum absolute atomic E-state index is 0.283. The van der Waals surface area contributed by atoms with E-state index >= 15 is 0 Å². The Morgan fingerprint density at radius 2 is 2.14 bits per heavy atom. The lowest BCUT2D eigenvalue weighted by molar-refractivity contribution is -0.147. The zero-order valence-electron chi connectivity index (χ0n) is 15.5. The van der Waals surface area contributed by atoms with Gasteiger partial charge in [0.2, 0.25) is 0 Å². The van der Waals surface area contributed by atoms with E-state index in [0.29, 0.717) is 21.6 Å². The molecule has 28 heavy (non-hydrogen) atoms. The van der Waals surface area contributed by atoms with Gasteiger partial charge in [0.05, 0.1) is 34.6 Å². The molecule has 0 aliphatic heterocycles. The molecule has 1 fully saturated rings. The van der Waals surface area contributed by atoms with E-state index in [-0.39, 0.29) is 5.02 Å². The molecule has 1 aliphatic carbocycles. The monoisotopic (exact) mass is 443 g/mol. The van der Waals surface area contributed by atoms with Gasteiger partial charge in [-0.2, -0.15) is 5.10 Å². The summed E-state index contributed by atoms with van der Waals surface area (Å²) in [6.45, 7) is 1.57. The molecule has 2 aromatic rings. The van der Waals surface area contributed by atoms with Crippen LogP contribution in [0.4, 0.5) is 0 Å². The Kier molecular flexibility index (Phi) is 6.42. The van der Waals surface area contributed by atoms with Gasteiger partial charge in [0.1, 0.15) is 10.8 Å². The highest BCUT2D eigenvalue weighted by atomic mass is 35.5. The summed E-state index contributed by atoms with van der Waals surface area (Å²) < 4.78 is 12.0. The maximum Gasteiger partial charge on any atom is 0.346 e. The third-order valence-corrected chi connectivity index (χ3v) is 6.19. The Morgan fingerprint density at radius 1 is 1.43 bits per heavy atom. The number of hydrogen-bond acceptors (Lipinski definition) is 7. The first kappa shape index (κ1) is 20.8. The van der Waals surface area contributed by atoms with Gasteiger partial charge in [0.15, 0.2) is 6.10 Å². The lowest BCUT2D eigenvalue weighted by Crippen LogP contribution is -2.25. The Morgan fingerprint density at radius 3 is 2.75 bits per heavy atom. The van der Waals surface area contributed by atoms with Crippen LogP contribution in [0.25, 0.3) is 0 Å². The van der Waals surface area contributed by atoms with Crippen molar-refractivity contribution < 1.29 is 19.5 Å². The molecule has 7 nitrogen and oxygen atoms in total. The average molecular weight is 444 g/mol. The molecule has 1 atom stereocenters. The molecule has 1 heterocycles. The zero-order valence-corrected chi connectivity index (χ0v) is 17.8. The third kappa shape index (κ3) is 4.39. The number of rotatable bonds is 7. The molecule has 1 N–H and O–H groups in total. The van der Waals surface area contributed by atoms with Crippen LogP contribution in [0.15, 0.2) is 27.2 Å². The fourth-order valence-electron chi connectivity index (χ4n) is 2.69. The standard InChI is InChI=1S/C18H19Cl2N3O4S/c1-9(18(24)26-3)27-14-7-15(13(20)6-12(14)19)28-17-11(8-21-25)16(10-4-5-10)22-23(17)2/h6-10,25H,4-5H2,1-3H3/b21-8+/t9-/m0/s1. The molecule has 0 saturated heterocycles. The average Bonchev–Trinajstić information content (AvgIpc) is 3.45. The lowest BCUT2D eigenvalue weighted by Gasteiger charge is -2.15. The smallest absolute Gasteiger partial charge is 0.346 e. The Labute approximate surface area is 176 Å². The van der Waals surface area contributed by atoms with E-state index in [1.807, 2.05) is 7.05 Å². The molecule has 1 aliphatic rings. The summed E-state index contributed by atoms with van der Waals surface area (Å²) in [5.74, 6) is 0.185. The van der Waals surface area contributed by atoms with Gasteiger partial charge in [-0.15, -0.1) is 0 Å². The Bertz CT molecular complexity index is 928. The van der Waals surface area contributed by atoms with Gasteiger partial charge >= 0.3 is 5.97 Å². The molecule has 10 heteroatoms. The Hall–Kier alpha value is -1.90. The summed E-state index contributed by atoms with van der Waals surface area (Å²) in [5.41, 5.74) is 1.66. The van der Waals surface area contributed by atoms with Gasteiger partial charge in [-0.1, -0.05) is 40.1 Å². The van der Waals surface area contributed by atoms with Gasteiger partial charge in [-0.05, 0) is 31.9 Å². The number of hydrogen-bond donors (Lipinski definition) is 1. The molecule has 3 rings (SSSR count). The maximum atomic E-state index is 11.6. The molecule has 0 unspecified atom stereocenters. The fraction of sp³-hybridized carbons (Fsp3) is 0.389. The number of nitrogens with zero attached hydrogens (tertiary/aromatic N) is 3. The van der Waals surface area contributed by atoms with Crippen LogP contribution in [0.5, 0.6) is 5.75 Å². The van der Waals surface area contributed by atoms with Crippen LogP contribution in [0.3, 0.4) is 0 Å². The number of methoxy groups -OCH3 is 1. The van der Waals surface area contributed by atoms with Crippen LogP contribution in [0.2, 0.25) is 10.0 Å². The fourth-order valence-corrected chi connectivity index (χ4v) is 4.21. The number of benzene rings is 1. The van der Waals surface area contributed by atoms with E-state index in [9.17, 15) is 4.79 Å². The van der Waals surface area contributed by atoms with Crippen molar-refractivity contribution in [3.63, 3.8) is 0 Å². The molecule has 1 saturated carbocycles. The number of aryl methyl sites for hydroxylation is 1. The normalized spacial score (nSPS) is 15.0. The Balaban J connectivity index is 1.94. The van der Waals surface area contributed by atoms with Gasteiger partial charge in [0, 0.05) is 17.9 Å². The largest absolute Gasteiger partial charge is 0.477 e. The SMILES string of the molecule is COC(=O)[C@H](C)Oc1cc(Sc2c(/C=N/O)c(C3CC3)nn2C)c(Cl)cc1Cl. The molecule has 0 radical (unpaired) electrons. The van der Waals surface area contributed by atoms with Gasteiger partial charge in [0.25, 0.3) is 0 Å². The molecule has 1 aromatic heterocycles. The number of ether oxygens (including phenoxy) is 2. The molecule has 0 bridgehead atoms. The predicted octanol–water partition coefficient (Wildman–Crippen LogP) is 4.50. The van der Waals surface area contributed by atoms with E-state index in [1.165, 1.54) is 25.1 Å². The van der Waals surface area contributed by atoms with E-state index in [4.69, 9.17) is 33.1 Å². The number of carbonyl (C=O) groups excluding carboxylic acids is 1. The van der Waals surface area contributed by atoms with Crippen LogP contribution < -0.4 is 4.74 Å². The van der Waals surface area contributed by atoms with Crippen molar-refractivity contribution in [1.82, 2.24) is 9.78 Å². The molecular weight excluding hydrogens is 425 g/mol. The number of halogens is 2. The summed E-state index contributed by atoms with van der Waals surface area (Å²) in [4.78, 5) is 12.3. The van der Waals surface area contributed by atoms with E-state index < -0.39 is 12.1 Å². The van der Waals surface area contributed by atoms with Crippen LogP contribution in [-0.4, -0.2) is 40.4 Å². The first-order chi connectivity index (χ1) is 13.3. The number of carbonyl (C=O) groups is 1. The van der Waals surface area contributed by atoms with Gasteiger partial charge in [-0.3, -0.25) is 4.68 Å². The van der Waals surface area contributed by atoms with Crippen LogP contribution in [0, 0.1) is 0 Å². The zero-order chi connectivity index (χ0) is 20.4. The minimum Gasteiger partial charge on any atom is -0.477 e. The first-order valence-electron chi connectivity index (χ1n) is 8.51. The van der Waals surface area contributed by atoms with Gasteiger partial charge in [-0.25, -0.2) is 4.79 Å². The van der Waals surface area contributed by atoms with Crippen LogP contribution in [-0.2, 0) is 16.6 Å². The van der Waals surface area contributed by atoms with Gasteiger partial charge < -0.3 is 14.7 Å². The maximum absolute atomic E-state index is 11.6. The number of esters is 1. The summed E-state index contributed by atoms with van der Waals surface area (Å²) >= 11 is 13.9. The molecule has 1 aromatic carbocycles. The topological polar surface area (TPSA) is 85.9 Å².